The fourth-order valence-corrected chi connectivity index (χ4v) is 4.27. The van der Waals surface area contributed by atoms with Gasteiger partial charge in [0.05, 0.1) is 16.7 Å². The van der Waals surface area contributed by atoms with Crippen LogP contribution in [-0.4, -0.2) is 52.6 Å². The van der Waals surface area contributed by atoms with Gasteiger partial charge in [-0.3, -0.25) is 9.78 Å². The maximum atomic E-state index is 12.9. The number of nitrogens with zero attached hydrogens (tertiary/aromatic N) is 2. The molecule has 1 aromatic heterocycles. The standard InChI is InChI=1S/C15H19ClN2O2S/c16-14-3-5-17-8-13(14)15(19)18(11-4-7-21-10-11)9-12-2-1-6-20-12/h3,5,8,11-12H,1-2,4,6-7,9-10H2. The number of carbonyl (C=O) groups excluding carboxylic acids is 1. The van der Waals surface area contributed by atoms with Gasteiger partial charge in [0.15, 0.2) is 0 Å². The average Bonchev–Trinajstić information content (AvgIpc) is 3.18. The van der Waals surface area contributed by atoms with Crippen molar-refractivity contribution in [2.75, 3.05) is 24.7 Å². The van der Waals surface area contributed by atoms with Gasteiger partial charge in [-0.25, -0.2) is 0 Å². The Hall–Kier alpha value is -0.780. The van der Waals surface area contributed by atoms with Crippen molar-refractivity contribution in [2.45, 2.75) is 31.4 Å². The van der Waals surface area contributed by atoms with E-state index in [0.29, 0.717) is 17.1 Å². The lowest BCUT2D eigenvalue weighted by Crippen LogP contribution is -2.44. The molecular weight excluding hydrogens is 308 g/mol. The van der Waals surface area contributed by atoms with Crippen molar-refractivity contribution in [1.29, 1.82) is 0 Å². The second kappa shape index (κ2) is 6.99. The maximum absolute atomic E-state index is 12.9. The lowest BCUT2D eigenvalue weighted by atomic mass is 10.1. The minimum atomic E-state index is -0.0175. The predicted molar refractivity (Wildman–Crippen MR) is 85.0 cm³/mol. The molecular formula is C15H19ClN2O2S. The number of ether oxygens (including phenoxy) is 1. The van der Waals surface area contributed by atoms with E-state index >= 15 is 0 Å². The van der Waals surface area contributed by atoms with E-state index < -0.39 is 0 Å². The zero-order valence-electron chi connectivity index (χ0n) is 11.8. The average molecular weight is 327 g/mol. The van der Waals surface area contributed by atoms with Gasteiger partial charge >= 0.3 is 0 Å². The summed E-state index contributed by atoms with van der Waals surface area (Å²) in [6.45, 7) is 1.47. The van der Waals surface area contributed by atoms with E-state index in [0.717, 1.165) is 37.4 Å². The number of pyridine rings is 1. The van der Waals surface area contributed by atoms with Gasteiger partial charge in [-0.1, -0.05) is 11.6 Å². The minimum absolute atomic E-state index is 0.0175. The van der Waals surface area contributed by atoms with Gasteiger partial charge in [0.25, 0.3) is 5.91 Å². The molecule has 0 aromatic carbocycles. The first-order valence-corrected chi connectivity index (χ1v) is 8.89. The van der Waals surface area contributed by atoms with Crippen molar-refractivity contribution < 1.29 is 9.53 Å². The van der Waals surface area contributed by atoms with Crippen LogP contribution in [0.2, 0.25) is 5.02 Å². The molecule has 3 rings (SSSR count). The summed E-state index contributed by atoms with van der Waals surface area (Å²) in [6, 6.07) is 1.95. The summed E-state index contributed by atoms with van der Waals surface area (Å²) in [5.41, 5.74) is 0.495. The molecule has 0 N–H and O–H groups in total. The van der Waals surface area contributed by atoms with Crippen molar-refractivity contribution in [3.8, 4) is 0 Å². The van der Waals surface area contributed by atoms with Crippen LogP contribution in [-0.2, 0) is 4.74 Å². The monoisotopic (exact) mass is 326 g/mol. The molecule has 0 saturated carbocycles. The molecule has 0 bridgehead atoms. The van der Waals surface area contributed by atoms with Gasteiger partial charge in [-0.05, 0) is 31.1 Å². The van der Waals surface area contributed by atoms with Crippen LogP contribution in [0.1, 0.15) is 29.6 Å². The lowest BCUT2D eigenvalue weighted by Gasteiger charge is -2.31. The van der Waals surface area contributed by atoms with Crippen LogP contribution in [0.5, 0.6) is 0 Å². The number of amides is 1. The number of hydrogen-bond donors (Lipinski definition) is 0. The third kappa shape index (κ3) is 3.52. The topological polar surface area (TPSA) is 42.4 Å². The Labute approximate surface area is 134 Å². The molecule has 2 aliphatic heterocycles. The van der Waals surface area contributed by atoms with Crippen molar-refractivity contribution in [3.05, 3.63) is 29.0 Å². The van der Waals surface area contributed by atoms with Crippen molar-refractivity contribution in [3.63, 3.8) is 0 Å². The predicted octanol–water partition coefficient (Wildman–Crippen LogP) is 2.86. The highest BCUT2D eigenvalue weighted by atomic mass is 35.5. The molecule has 2 atom stereocenters. The smallest absolute Gasteiger partial charge is 0.257 e. The normalized spacial score (nSPS) is 25.2. The van der Waals surface area contributed by atoms with Gasteiger partial charge in [0.1, 0.15) is 0 Å². The summed E-state index contributed by atoms with van der Waals surface area (Å²) < 4.78 is 5.71. The minimum Gasteiger partial charge on any atom is -0.376 e. The van der Waals surface area contributed by atoms with Crippen LogP contribution in [0.4, 0.5) is 0 Å². The third-order valence-electron chi connectivity index (χ3n) is 4.03. The van der Waals surface area contributed by atoms with E-state index in [1.54, 1.807) is 18.5 Å². The molecule has 2 unspecified atom stereocenters. The Morgan fingerprint density at radius 2 is 2.43 bits per heavy atom. The number of aromatic nitrogens is 1. The van der Waals surface area contributed by atoms with E-state index in [9.17, 15) is 4.79 Å². The fourth-order valence-electron chi connectivity index (χ4n) is 2.86. The SMILES string of the molecule is O=C(c1cnccc1Cl)N(CC1CCCO1)C1CCSC1. The van der Waals surface area contributed by atoms with Crippen LogP contribution < -0.4 is 0 Å². The van der Waals surface area contributed by atoms with E-state index in [-0.39, 0.29) is 18.1 Å². The molecule has 21 heavy (non-hydrogen) atoms. The van der Waals surface area contributed by atoms with Crippen LogP contribution in [0.15, 0.2) is 18.5 Å². The van der Waals surface area contributed by atoms with Gasteiger partial charge in [-0.15, -0.1) is 0 Å². The van der Waals surface area contributed by atoms with Crippen molar-refractivity contribution in [1.82, 2.24) is 9.88 Å². The number of rotatable bonds is 4. The lowest BCUT2D eigenvalue weighted by molar-refractivity contribution is 0.0441. The molecule has 6 heteroatoms. The molecule has 114 valence electrons. The number of thioether (sulfide) groups is 1. The summed E-state index contributed by atoms with van der Waals surface area (Å²) in [6.07, 6.45) is 6.49. The first-order valence-electron chi connectivity index (χ1n) is 7.35. The molecule has 2 aliphatic rings. The summed E-state index contributed by atoms with van der Waals surface area (Å²) in [7, 11) is 0. The number of carbonyl (C=O) groups is 1. The van der Waals surface area contributed by atoms with E-state index in [1.807, 2.05) is 16.7 Å². The van der Waals surface area contributed by atoms with Crippen LogP contribution >= 0.6 is 23.4 Å². The van der Waals surface area contributed by atoms with Gasteiger partial charge in [0.2, 0.25) is 0 Å². The first kappa shape index (κ1) is 15.1. The Bertz CT molecular complexity index is 502. The zero-order chi connectivity index (χ0) is 14.7. The zero-order valence-corrected chi connectivity index (χ0v) is 13.4. The van der Waals surface area contributed by atoms with Gasteiger partial charge in [0, 0.05) is 37.3 Å². The molecule has 3 heterocycles. The van der Waals surface area contributed by atoms with E-state index in [4.69, 9.17) is 16.3 Å². The number of hydrogen-bond acceptors (Lipinski definition) is 4. The van der Waals surface area contributed by atoms with Crippen LogP contribution in [0.3, 0.4) is 0 Å². The van der Waals surface area contributed by atoms with Crippen LogP contribution in [0.25, 0.3) is 0 Å². The van der Waals surface area contributed by atoms with Gasteiger partial charge < -0.3 is 9.64 Å². The maximum Gasteiger partial charge on any atom is 0.257 e. The molecule has 0 aliphatic carbocycles. The molecule has 0 radical (unpaired) electrons. The van der Waals surface area contributed by atoms with E-state index in [1.165, 1.54) is 0 Å². The molecule has 4 nitrogen and oxygen atoms in total. The molecule has 0 spiro atoms. The highest BCUT2D eigenvalue weighted by Gasteiger charge is 2.32. The Morgan fingerprint density at radius 1 is 1.52 bits per heavy atom. The Morgan fingerprint density at radius 3 is 3.10 bits per heavy atom. The molecule has 2 fully saturated rings. The Balaban J connectivity index is 1.79. The summed E-state index contributed by atoms with van der Waals surface area (Å²) >= 11 is 8.06. The summed E-state index contributed by atoms with van der Waals surface area (Å²) in [4.78, 5) is 18.9. The second-order valence-electron chi connectivity index (χ2n) is 5.47. The fraction of sp³-hybridized carbons (Fsp3) is 0.600. The highest BCUT2D eigenvalue weighted by Crippen LogP contribution is 2.27. The largest absolute Gasteiger partial charge is 0.376 e. The van der Waals surface area contributed by atoms with Crippen molar-refractivity contribution in [2.24, 2.45) is 0 Å². The quantitative estimate of drug-likeness (QED) is 0.853. The van der Waals surface area contributed by atoms with Crippen molar-refractivity contribution >= 4 is 29.3 Å². The molecule has 1 amide bonds. The van der Waals surface area contributed by atoms with E-state index in [2.05, 4.69) is 4.98 Å². The number of halogens is 1. The van der Waals surface area contributed by atoms with Gasteiger partial charge in [-0.2, -0.15) is 11.8 Å². The first-order chi connectivity index (χ1) is 10.3. The molecule has 2 saturated heterocycles. The molecule has 1 aromatic rings. The third-order valence-corrected chi connectivity index (χ3v) is 5.50. The second-order valence-corrected chi connectivity index (χ2v) is 7.02. The highest BCUT2D eigenvalue weighted by molar-refractivity contribution is 7.99. The van der Waals surface area contributed by atoms with Crippen LogP contribution in [0, 0.1) is 0 Å². The summed E-state index contributed by atoms with van der Waals surface area (Å²) in [5.74, 6) is 2.09. The Kier molecular flexibility index (Phi) is 5.03. The summed E-state index contributed by atoms with van der Waals surface area (Å²) in [5, 5.41) is 0.470.